The second kappa shape index (κ2) is 4.08. The van der Waals surface area contributed by atoms with Crippen LogP contribution in [0.4, 0.5) is 0 Å². The molecule has 0 saturated heterocycles. The first kappa shape index (κ1) is 11.8. The van der Waals surface area contributed by atoms with Crippen LogP contribution < -0.4 is 0 Å². The molecule has 0 aromatic rings. The Morgan fingerprint density at radius 1 is 1.57 bits per heavy atom. The molecule has 1 rings (SSSR count). The molecule has 1 saturated carbocycles. The highest BCUT2D eigenvalue weighted by Gasteiger charge is 2.43. The molecule has 1 fully saturated rings. The van der Waals surface area contributed by atoms with E-state index < -0.39 is 6.10 Å². The van der Waals surface area contributed by atoms with Crippen molar-refractivity contribution < 1.29 is 5.11 Å². The highest BCUT2D eigenvalue weighted by molar-refractivity contribution is 6.21. The molecule has 14 heavy (non-hydrogen) atoms. The van der Waals surface area contributed by atoms with Crippen LogP contribution in [-0.4, -0.2) is 16.6 Å². The summed E-state index contributed by atoms with van der Waals surface area (Å²) >= 11 is 6.29. The van der Waals surface area contributed by atoms with Crippen molar-refractivity contribution >= 4 is 11.6 Å². The van der Waals surface area contributed by atoms with Crippen molar-refractivity contribution in [3.8, 4) is 0 Å². The third kappa shape index (κ3) is 1.89. The lowest BCUT2D eigenvalue weighted by Gasteiger charge is -2.43. The zero-order chi connectivity index (χ0) is 10.9. The second-order valence-corrected chi connectivity index (χ2v) is 5.09. The van der Waals surface area contributed by atoms with Gasteiger partial charge in [0.1, 0.15) is 0 Å². The molecule has 0 unspecified atom stereocenters. The Labute approximate surface area is 91.5 Å². The van der Waals surface area contributed by atoms with E-state index in [0.717, 1.165) is 18.4 Å². The van der Waals surface area contributed by atoms with Gasteiger partial charge in [0.15, 0.2) is 0 Å². The van der Waals surface area contributed by atoms with E-state index in [2.05, 4.69) is 13.2 Å². The molecule has 0 aromatic carbocycles. The standard InChI is InChI=1S/C12H19ClO/c1-5-12(4)10(13)6-9(8(2)3)7-11(12)14/h5,9-11,14H,1-2,6-7H2,3-4H3/t9-,10+,11+,12-/m0/s1. The Morgan fingerprint density at radius 2 is 2.14 bits per heavy atom. The predicted octanol–water partition coefficient (Wildman–Crippen LogP) is 3.13. The van der Waals surface area contributed by atoms with E-state index in [-0.39, 0.29) is 10.8 Å². The quantitative estimate of drug-likeness (QED) is 0.553. The maximum atomic E-state index is 10.0. The lowest BCUT2D eigenvalue weighted by atomic mass is 9.68. The number of aliphatic hydroxyl groups excluding tert-OH is 1. The van der Waals surface area contributed by atoms with E-state index in [1.807, 2.05) is 13.8 Å². The molecule has 4 atom stereocenters. The first-order valence-corrected chi connectivity index (χ1v) is 5.46. The van der Waals surface area contributed by atoms with Gasteiger partial charge in [0.25, 0.3) is 0 Å². The molecule has 0 amide bonds. The van der Waals surface area contributed by atoms with Gasteiger partial charge in [0.05, 0.1) is 6.10 Å². The summed E-state index contributed by atoms with van der Waals surface area (Å²) in [5.74, 6) is 0.348. The molecule has 2 heteroatoms. The van der Waals surface area contributed by atoms with Gasteiger partial charge in [-0.15, -0.1) is 18.2 Å². The average molecular weight is 215 g/mol. The summed E-state index contributed by atoms with van der Waals surface area (Å²) in [4.78, 5) is 0. The van der Waals surface area contributed by atoms with E-state index in [1.54, 1.807) is 6.08 Å². The van der Waals surface area contributed by atoms with Crippen molar-refractivity contribution in [3.05, 3.63) is 24.8 Å². The Hall–Kier alpha value is -0.270. The fourth-order valence-corrected chi connectivity index (χ4v) is 2.45. The topological polar surface area (TPSA) is 20.2 Å². The normalized spacial score (nSPS) is 43.3. The molecule has 0 heterocycles. The molecule has 1 nitrogen and oxygen atoms in total. The van der Waals surface area contributed by atoms with Crippen LogP contribution in [0.2, 0.25) is 0 Å². The molecular formula is C12H19ClO. The summed E-state index contributed by atoms with van der Waals surface area (Å²) in [5, 5.41) is 9.97. The lowest BCUT2D eigenvalue weighted by molar-refractivity contribution is 0.0203. The zero-order valence-corrected chi connectivity index (χ0v) is 9.72. The summed E-state index contributed by atoms with van der Waals surface area (Å²) in [6.45, 7) is 11.7. The number of halogens is 1. The SMILES string of the molecule is C=C[C@]1(C)[C@H](O)C[C@@H](C(=C)C)C[C@H]1Cl. The highest BCUT2D eigenvalue weighted by atomic mass is 35.5. The van der Waals surface area contributed by atoms with Gasteiger partial charge in [-0.2, -0.15) is 0 Å². The molecule has 0 bridgehead atoms. The minimum absolute atomic E-state index is 0.0505. The van der Waals surface area contributed by atoms with Gasteiger partial charge in [-0.3, -0.25) is 0 Å². The fraction of sp³-hybridized carbons (Fsp3) is 0.667. The molecule has 0 aromatic heterocycles. The summed E-state index contributed by atoms with van der Waals surface area (Å²) in [6, 6.07) is 0. The molecule has 0 spiro atoms. The van der Waals surface area contributed by atoms with E-state index in [0.29, 0.717) is 5.92 Å². The summed E-state index contributed by atoms with van der Waals surface area (Å²) in [5.41, 5.74) is 0.758. The summed E-state index contributed by atoms with van der Waals surface area (Å²) < 4.78 is 0. The monoisotopic (exact) mass is 214 g/mol. The van der Waals surface area contributed by atoms with Crippen molar-refractivity contribution in [2.45, 2.75) is 38.2 Å². The van der Waals surface area contributed by atoms with E-state index in [4.69, 9.17) is 11.6 Å². The number of hydrogen-bond acceptors (Lipinski definition) is 1. The van der Waals surface area contributed by atoms with Gasteiger partial charge in [-0.25, -0.2) is 0 Å². The van der Waals surface area contributed by atoms with Gasteiger partial charge < -0.3 is 5.11 Å². The molecule has 0 radical (unpaired) electrons. The number of rotatable bonds is 2. The lowest BCUT2D eigenvalue weighted by Crippen LogP contribution is -2.45. The number of hydrogen-bond donors (Lipinski definition) is 1. The van der Waals surface area contributed by atoms with Crippen LogP contribution in [0.5, 0.6) is 0 Å². The van der Waals surface area contributed by atoms with E-state index in [1.165, 1.54) is 0 Å². The molecule has 1 aliphatic rings. The van der Waals surface area contributed by atoms with Crippen LogP contribution in [0.1, 0.15) is 26.7 Å². The Balaban J connectivity index is 2.83. The first-order valence-electron chi connectivity index (χ1n) is 5.03. The smallest absolute Gasteiger partial charge is 0.0648 e. The third-order valence-corrected chi connectivity index (χ3v) is 4.18. The zero-order valence-electron chi connectivity index (χ0n) is 8.96. The highest BCUT2D eigenvalue weighted by Crippen LogP contribution is 2.44. The molecule has 0 aliphatic heterocycles. The maximum Gasteiger partial charge on any atom is 0.0648 e. The number of allylic oxidation sites excluding steroid dienone is 1. The van der Waals surface area contributed by atoms with Gasteiger partial charge in [-0.1, -0.05) is 25.2 Å². The summed E-state index contributed by atoms with van der Waals surface area (Å²) in [6.07, 6.45) is 3.01. The van der Waals surface area contributed by atoms with Crippen molar-refractivity contribution in [2.24, 2.45) is 11.3 Å². The largest absolute Gasteiger partial charge is 0.392 e. The Morgan fingerprint density at radius 3 is 2.50 bits per heavy atom. The Kier molecular flexibility index (Phi) is 3.44. The predicted molar refractivity (Wildman–Crippen MR) is 61.5 cm³/mol. The number of alkyl halides is 1. The van der Waals surface area contributed by atoms with Crippen molar-refractivity contribution in [2.75, 3.05) is 0 Å². The van der Waals surface area contributed by atoms with Gasteiger partial charge in [-0.05, 0) is 25.7 Å². The van der Waals surface area contributed by atoms with Crippen LogP contribution in [0.15, 0.2) is 24.8 Å². The fourth-order valence-electron chi connectivity index (χ4n) is 2.00. The van der Waals surface area contributed by atoms with Crippen molar-refractivity contribution in [1.29, 1.82) is 0 Å². The minimum atomic E-state index is -0.405. The van der Waals surface area contributed by atoms with Crippen LogP contribution in [-0.2, 0) is 0 Å². The Bertz CT molecular complexity index is 235. The van der Waals surface area contributed by atoms with E-state index in [9.17, 15) is 5.11 Å². The van der Waals surface area contributed by atoms with E-state index >= 15 is 0 Å². The molecular weight excluding hydrogens is 196 g/mol. The minimum Gasteiger partial charge on any atom is -0.392 e. The van der Waals surface area contributed by atoms with Gasteiger partial charge >= 0.3 is 0 Å². The molecule has 1 aliphatic carbocycles. The van der Waals surface area contributed by atoms with Gasteiger partial charge in [0, 0.05) is 10.8 Å². The first-order chi connectivity index (χ1) is 6.41. The maximum absolute atomic E-state index is 10.0. The van der Waals surface area contributed by atoms with Crippen molar-refractivity contribution in [1.82, 2.24) is 0 Å². The average Bonchev–Trinajstić information content (AvgIpc) is 2.13. The van der Waals surface area contributed by atoms with Crippen LogP contribution in [0.3, 0.4) is 0 Å². The van der Waals surface area contributed by atoms with Crippen LogP contribution in [0.25, 0.3) is 0 Å². The van der Waals surface area contributed by atoms with Gasteiger partial charge in [0.2, 0.25) is 0 Å². The van der Waals surface area contributed by atoms with Crippen LogP contribution >= 0.6 is 11.6 Å². The second-order valence-electron chi connectivity index (χ2n) is 4.57. The third-order valence-electron chi connectivity index (χ3n) is 3.53. The molecule has 80 valence electrons. The molecule has 1 N–H and O–H groups in total. The number of aliphatic hydroxyl groups is 1. The van der Waals surface area contributed by atoms with Crippen LogP contribution in [0, 0.1) is 11.3 Å². The van der Waals surface area contributed by atoms with Crippen molar-refractivity contribution in [3.63, 3.8) is 0 Å². The summed E-state index contributed by atoms with van der Waals surface area (Å²) in [7, 11) is 0.